The molecule has 0 saturated carbocycles. The van der Waals surface area contributed by atoms with Crippen LogP contribution in [0.5, 0.6) is 0 Å². The number of amides is 4. The molecule has 0 rings (SSSR count). The Morgan fingerprint density at radius 2 is 0.959 bits per heavy atom. The maximum Gasteiger partial charge on any atom is 0.326 e. The Kier molecular flexibility index (Phi) is 30.9. The van der Waals surface area contributed by atoms with Crippen molar-refractivity contribution in [1.29, 1.82) is 0 Å². The van der Waals surface area contributed by atoms with E-state index < -0.39 is 18.0 Å². The molecule has 0 saturated heterocycles. The number of unbranched alkanes of at least 4 members (excludes halogenated alkanes) is 9. The average molecular weight is 705 g/mol. The molecule has 16 nitrogen and oxygen atoms in total. The SMILES string of the molecule is CCNC(=O)COCCOCCNC(=O)COCCOCCNC(=O)CC[C@H](NC(=O)CCCCCCCCCCCCC(=O)O)C(=O)O. The summed E-state index contributed by atoms with van der Waals surface area (Å²) >= 11 is 0. The Bertz CT molecular complexity index is 922. The van der Waals surface area contributed by atoms with Gasteiger partial charge < -0.3 is 50.4 Å². The van der Waals surface area contributed by atoms with E-state index in [1.54, 1.807) is 0 Å². The fourth-order valence-electron chi connectivity index (χ4n) is 4.46. The van der Waals surface area contributed by atoms with Gasteiger partial charge in [-0.3, -0.25) is 24.0 Å². The lowest BCUT2D eigenvalue weighted by Gasteiger charge is -2.14. The van der Waals surface area contributed by atoms with E-state index in [9.17, 15) is 33.9 Å². The number of aliphatic carboxylic acids is 2. The lowest BCUT2D eigenvalue weighted by atomic mass is 10.0. The standard InChI is InChI=1S/C33H60N4O12/c1-2-34-30(40)25-48-23-21-47-20-18-36-31(41)26-49-24-22-46-19-17-35-28(38)16-15-27(33(44)45)37-29(39)13-11-9-7-5-3-4-6-8-10-12-14-32(42)43/h27H,2-26H2,1H3,(H,34,40)(H,35,38)(H,36,41)(H,37,39)(H,42,43)(H,44,45)/t27-/m0/s1. The van der Waals surface area contributed by atoms with Crippen molar-refractivity contribution in [1.82, 2.24) is 21.3 Å². The van der Waals surface area contributed by atoms with Gasteiger partial charge in [0, 0.05) is 38.9 Å². The molecule has 0 aromatic heterocycles. The summed E-state index contributed by atoms with van der Waals surface area (Å²) in [5.74, 6) is -3.12. The molecule has 0 heterocycles. The molecule has 0 aliphatic carbocycles. The van der Waals surface area contributed by atoms with E-state index in [0.29, 0.717) is 32.7 Å². The van der Waals surface area contributed by atoms with Crippen LogP contribution in [0.3, 0.4) is 0 Å². The van der Waals surface area contributed by atoms with E-state index in [2.05, 4.69) is 21.3 Å². The topological polar surface area (TPSA) is 228 Å². The quantitative estimate of drug-likeness (QED) is 0.0517. The highest BCUT2D eigenvalue weighted by Crippen LogP contribution is 2.12. The molecular formula is C33H60N4O12. The molecule has 0 spiro atoms. The minimum absolute atomic E-state index is 0.0207. The van der Waals surface area contributed by atoms with Gasteiger partial charge in [-0.15, -0.1) is 0 Å². The summed E-state index contributed by atoms with van der Waals surface area (Å²) in [5.41, 5.74) is 0. The largest absolute Gasteiger partial charge is 0.481 e. The zero-order chi connectivity index (χ0) is 36.4. The van der Waals surface area contributed by atoms with Crippen molar-refractivity contribution < 1.29 is 57.9 Å². The molecule has 0 aliphatic rings. The number of likely N-dealkylation sites (N-methyl/N-ethyl adjacent to an activating group) is 1. The van der Waals surface area contributed by atoms with Crippen LogP contribution in [-0.2, 0) is 47.7 Å². The van der Waals surface area contributed by atoms with E-state index >= 15 is 0 Å². The first-order valence-electron chi connectivity index (χ1n) is 17.5. The molecule has 0 bridgehead atoms. The normalized spacial score (nSPS) is 11.4. The molecule has 1 atom stereocenters. The van der Waals surface area contributed by atoms with E-state index in [0.717, 1.165) is 57.8 Å². The van der Waals surface area contributed by atoms with Gasteiger partial charge in [0.05, 0.1) is 39.6 Å². The third-order valence-electron chi connectivity index (χ3n) is 7.06. The number of ether oxygens (including phenoxy) is 4. The Hall–Kier alpha value is -3.34. The molecule has 0 aliphatic heterocycles. The van der Waals surface area contributed by atoms with Crippen LogP contribution in [0.4, 0.5) is 0 Å². The van der Waals surface area contributed by atoms with Crippen LogP contribution < -0.4 is 21.3 Å². The first-order valence-corrected chi connectivity index (χ1v) is 17.5. The van der Waals surface area contributed by atoms with Crippen molar-refractivity contribution >= 4 is 35.6 Å². The van der Waals surface area contributed by atoms with Crippen molar-refractivity contribution in [3.8, 4) is 0 Å². The first-order chi connectivity index (χ1) is 23.6. The second-order valence-corrected chi connectivity index (χ2v) is 11.4. The van der Waals surface area contributed by atoms with Crippen LogP contribution >= 0.6 is 0 Å². The predicted molar refractivity (Wildman–Crippen MR) is 180 cm³/mol. The smallest absolute Gasteiger partial charge is 0.326 e. The summed E-state index contributed by atoms with van der Waals surface area (Å²) in [6, 6.07) is -1.14. The molecule has 0 fully saturated rings. The first kappa shape index (κ1) is 45.7. The zero-order valence-electron chi connectivity index (χ0n) is 29.2. The van der Waals surface area contributed by atoms with E-state index in [1.165, 1.54) is 0 Å². The minimum Gasteiger partial charge on any atom is -0.481 e. The Labute approximate surface area is 290 Å². The third-order valence-corrected chi connectivity index (χ3v) is 7.06. The molecule has 16 heteroatoms. The fourth-order valence-corrected chi connectivity index (χ4v) is 4.46. The number of carbonyl (C=O) groups is 6. The van der Waals surface area contributed by atoms with Crippen LogP contribution in [0.2, 0.25) is 0 Å². The van der Waals surface area contributed by atoms with Crippen molar-refractivity contribution in [2.75, 3.05) is 72.5 Å². The van der Waals surface area contributed by atoms with Crippen LogP contribution in [-0.4, -0.2) is 124 Å². The number of carboxylic acids is 2. The van der Waals surface area contributed by atoms with Gasteiger partial charge in [0.2, 0.25) is 23.6 Å². The summed E-state index contributed by atoms with van der Waals surface area (Å²) in [5, 5.41) is 28.5. The summed E-state index contributed by atoms with van der Waals surface area (Å²) in [7, 11) is 0. The number of rotatable bonds is 35. The highest BCUT2D eigenvalue weighted by molar-refractivity contribution is 5.84. The second kappa shape index (κ2) is 33.2. The second-order valence-electron chi connectivity index (χ2n) is 11.4. The van der Waals surface area contributed by atoms with Gasteiger partial charge in [-0.2, -0.15) is 0 Å². The zero-order valence-corrected chi connectivity index (χ0v) is 29.2. The van der Waals surface area contributed by atoms with Crippen molar-refractivity contribution in [2.24, 2.45) is 0 Å². The maximum atomic E-state index is 12.2. The third kappa shape index (κ3) is 33.0. The Balaban J connectivity index is 3.69. The molecule has 49 heavy (non-hydrogen) atoms. The number of carbonyl (C=O) groups excluding carboxylic acids is 4. The Morgan fingerprint density at radius 1 is 0.510 bits per heavy atom. The lowest BCUT2D eigenvalue weighted by molar-refractivity contribution is -0.142. The highest BCUT2D eigenvalue weighted by Gasteiger charge is 2.20. The van der Waals surface area contributed by atoms with Crippen LogP contribution in [0.1, 0.15) is 96.8 Å². The number of nitrogens with one attached hydrogen (secondary N) is 4. The average Bonchev–Trinajstić information content (AvgIpc) is 3.05. The summed E-state index contributed by atoms with van der Waals surface area (Å²) in [6.07, 6.45) is 10.1. The van der Waals surface area contributed by atoms with Gasteiger partial charge in [0.25, 0.3) is 0 Å². The predicted octanol–water partition coefficient (Wildman–Crippen LogP) is 1.54. The van der Waals surface area contributed by atoms with E-state index in [1.807, 2.05) is 6.92 Å². The molecule has 0 radical (unpaired) electrons. The van der Waals surface area contributed by atoms with Crippen LogP contribution in [0.25, 0.3) is 0 Å². The van der Waals surface area contributed by atoms with Crippen LogP contribution in [0, 0.1) is 0 Å². The summed E-state index contributed by atoms with van der Waals surface area (Å²) < 4.78 is 21.0. The maximum absolute atomic E-state index is 12.2. The molecular weight excluding hydrogens is 644 g/mol. The van der Waals surface area contributed by atoms with Gasteiger partial charge in [-0.05, 0) is 26.2 Å². The number of hydrogen-bond donors (Lipinski definition) is 6. The number of hydrogen-bond acceptors (Lipinski definition) is 10. The molecule has 4 amide bonds. The van der Waals surface area contributed by atoms with Gasteiger partial charge >= 0.3 is 11.9 Å². The minimum atomic E-state index is -1.19. The monoisotopic (exact) mass is 704 g/mol. The summed E-state index contributed by atoms with van der Waals surface area (Å²) in [4.78, 5) is 69.3. The van der Waals surface area contributed by atoms with Crippen molar-refractivity contribution in [3.63, 3.8) is 0 Å². The van der Waals surface area contributed by atoms with Gasteiger partial charge in [0.15, 0.2) is 0 Å². The Morgan fingerprint density at radius 3 is 1.45 bits per heavy atom. The molecule has 0 aromatic rings. The van der Waals surface area contributed by atoms with Gasteiger partial charge in [-0.25, -0.2) is 4.79 Å². The fraction of sp³-hybridized carbons (Fsp3) is 0.818. The van der Waals surface area contributed by atoms with E-state index in [-0.39, 0.29) is 95.5 Å². The van der Waals surface area contributed by atoms with Crippen molar-refractivity contribution in [3.05, 3.63) is 0 Å². The molecule has 284 valence electrons. The van der Waals surface area contributed by atoms with Gasteiger partial charge in [0.1, 0.15) is 19.3 Å². The number of carboxylic acid groups (broad SMARTS) is 2. The van der Waals surface area contributed by atoms with E-state index in [4.69, 9.17) is 24.1 Å². The van der Waals surface area contributed by atoms with Crippen molar-refractivity contribution in [2.45, 2.75) is 103 Å². The lowest BCUT2D eigenvalue weighted by Crippen LogP contribution is -2.41. The molecule has 6 N–H and O–H groups in total. The summed E-state index contributed by atoms with van der Waals surface area (Å²) in [6.45, 7) is 4.20. The van der Waals surface area contributed by atoms with Crippen LogP contribution in [0.15, 0.2) is 0 Å². The molecule has 0 unspecified atom stereocenters. The van der Waals surface area contributed by atoms with Gasteiger partial charge in [-0.1, -0.05) is 51.4 Å². The highest BCUT2D eigenvalue weighted by atomic mass is 16.5. The molecule has 0 aromatic carbocycles.